The van der Waals surface area contributed by atoms with Gasteiger partial charge in [-0.05, 0) is 19.8 Å². The Morgan fingerprint density at radius 1 is 1.33 bits per heavy atom. The van der Waals surface area contributed by atoms with Gasteiger partial charge in [0.25, 0.3) is 0 Å². The predicted octanol–water partition coefficient (Wildman–Crippen LogP) is 1.34. The average Bonchev–Trinajstić information content (AvgIpc) is 2.74. The third-order valence-electron chi connectivity index (χ3n) is 2.84. The number of ketones is 1. The number of carbonyl (C=O) groups is 2. The van der Waals surface area contributed by atoms with E-state index in [4.69, 9.17) is 9.47 Å². The van der Waals surface area contributed by atoms with Crippen molar-refractivity contribution in [2.24, 2.45) is 0 Å². The number of hydrogen-bond acceptors (Lipinski definition) is 4. The summed E-state index contributed by atoms with van der Waals surface area (Å²) in [5.41, 5.74) is 0.137. The van der Waals surface area contributed by atoms with Gasteiger partial charge in [0.2, 0.25) is 5.78 Å². The van der Waals surface area contributed by atoms with Crippen LogP contribution in [0.15, 0.2) is 11.3 Å². The van der Waals surface area contributed by atoms with Gasteiger partial charge in [-0.1, -0.05) is 6.92 Å². The van der Waals surface area contributed by atoms with Crippen LogP contribution in [0.4, 0.5) is 0 Å². The van der Waals surface area contributed by atoms with E-state index < -0.39 is 12.1 Å². The van der Waals surface area contributed by atoms with Crippen molar-refractivity contribution < 1.29 is 19.1 Å². The van der Waals surface area contributed by atoms with Gasteiger partial charge in [-0.25, -0.2) is 4.79 Å². The van der Waals surface area contributed by atoms with Crippen molar-refractivity contribution in [2.75, 3.05) is 0 Å². The SMILES string of the molecule is CC[C@H]1CCC(=C2C(=O)O[C@H](C)C2=O)O1. The zero-order chi connectivity index (χ0) is 11.0. The lowest BCUT2D eigenvalue weighted by atomic mass is 10.1. The number of hydrogen-bond donors (Lipinski definition) is 0. The molecule has 0 amide bonds. The largest absolute Gasteiger partial charge is 0.494 e. The fourth-order valence-corrected chi connectivity index (χ4v) is 1.91. The van der Waals surface area contributed by atoms with E-state index in [-0.39, 0.29) is 17.5 Å². The van der Waals surface area contributed by atoms with Crippen LogP contribution in [-0.4, -0.2) is 24.0 Å². The Kier molecular flexibility index (Phi) is 2.50. The summed E-state index contributed by atoms with van der Waals surface area (Å²) in [7, 11) is 0. The predicted molar refractivity (Wildman–Crippen MR) is 52.0 cm³/mol. The molecule has 2 aliphatic heterocycles. The fourth-order valence-electron chi connectivity index (χ4n) is 1.91. The molecule has 0 radical (unpaired) electrons. The highest BCUT2D eigenvalue weighted by Crippen LogP contribution is 2.31. The maximum absolute atomic E-state index is 11.6. The van der Waals surface area contributed by atoms with Gasteiger partial charge in [0.1, 0.15) is 11.3 Å². The third-order valence-corrected chi connectivity index (χ3v) is 2.84. The van der Waals surface area contributed by atoms with Crippen molar-refractivity contribution in [2.45, 2.75) is 45.3 Å². The summed E-state index contributed by atoms with van der Waals surface area (Å²) in [5, 5.41) is 0. The molecule has 2 aliphatic rings. The minimum atomic E-state index is -0.649. The normalized spacial score (nSPS) is 35.6. The summed E-state index contributed by atoms with van der Waals surface area (Å²) >= 11 is 0. The van der Waals surface area contributed by atoms with Gasteiger partial charge in [-0.15, -0.1) is 0 Å². The Hall–Kier alpha value is -1.32. The maximum atomic E-state index is 11.6. The first-order chi connectivity index (χ1) is 7.13. The number of Topliss-reactive ketones (excluding diaryl/α,β-unsaturated/α-hetero) is 1. The molecule has 2 rings (SSSR count). The molecule has 0 spiro atoms. The fraction of sp³-hybridized carbons (Fsp3) is 0.636. The number of ether oxygens (including phenoxy) is 2. The first kappa shape index (κ1) is 10.2. The number of allylic oxidation sites excluding steroid dienone is 1. The molecular formula is C11H14O4. The highest BCUT2D eigenvalue weighted by atomic mass is 16.6. The molecular weight excluding hydrogens is 196 g/mol. The van der Waals surface area contributed by atoms with Gasteiger partial charge in [-0.3, -0.25) is 4.79 Å². The quantitative estimate of drug-likeness (QED) is 0.372. The molecule has 0 N–H and O–H groups in total. The van der Waals surface area contributed by atoms with Crippen molar-refractivity contribution in [3.63, 3.8) is 0 Å². The second-order valence-electron chi connectivity index (χ2n) is 3.90. The summed E-state index contributed by atoms with van der Waals surface area (Å²) in [4.78, 5) is 23.0. The van der Waals surface area contributed by atoms with E-state index in [0.717, 1.165) is 12.8 Å². The number of esters is 1. The first-order valence-electron chi connectivity index (χ1n) is 5.28. The minimum Gasteiger partial charge on any atom is -0.494 e. The second-order valence-corrected chi connectivity index (χ2v) is 3.90. The molecule has 15 heavy (non-hydrogen) atoms. The lowest BCUT2D eigenvalue weighted by Gasteiger charge is -2.07. The summed E-state index contributed by atoms with van der Waals surface area (Å²) in [6.45, 7) is 3.61. The molecule has 0 saturated carbocycles. The van der Waals surface area contributed by atoms with E-state index >= 15 is 0 Å². The van der Waals surface area contributed by atoms with Crippen molar-refractivity contribution in [3.05, 3.63) is 11.3 Å². The van der Waals surface area contributed by atoms with Gasteiger partial charge in [0.15, 0.2) is 6.10 Å². The number of carbonyl (C=O) groups excluding carboxylic acids is 2. The summed E-state index contributed by atoms with van der Waals surface area (Å²) < 4.78 is 10.4. The summed E-state index contributed by atoms with van der Waals surface area (Å²) in [5.74, 6) is -0.243. The molecule has 0 aromatic carbocycles. The topological polar surface area (TPSA) is 52.6 Å². The van der Waals surface area contributed by atoms with Crippen LogP contribution in [0, 0.1) is 0 Å². The van der Waals surface area contributed by atoms with E-state index in [1.165, 1.54) is 0 Å². The molecule has 0 aromatic heterocycles. The Morgan fingerprint density at radius 3 is 2.53 bits per heavy atom. The first-order valence-corrected chi connectivity index (χ1v) is 5.28. The third kappa shape index (κ3) is 1.64. The minimum absolute atomic E-state index is 0.137. The van der Waals surface area contributed by atoms with Crippen LogP contribution in [0.1, 0.15) is 33.1 Å². The standard InChI is InChI=1S/C11H14O4/c1-3-7-4-5-8(15-7)9-10(12)6(2)14-11(9)13/h6-7H,3-5H2,1-2H3/t6-,7+/m1/s1. The zero-order valence-corrected chi connectivity index (χ0v) is 8.91. The molecule has 4 nitrogen and oxygen atoms in total. The van der Waals surface area contributed by atoms with Crippen LogP contribution in [0.3, 0.4) is 0 Å². The molecule has 4 heteroatoms. The molecule has 0 aliphatic carbocycles. The summed E-state index contributed by atoms with van der Waals surface area (Å²) in [6.07, 6.45) is 1.94. The molecule has 2 heterocycles. The van der Waals surface area contributed by atoms with Gasteiger partial charge < -0.3 is 9.47 Å². The highest BCUT2D eigenvalue weighted by Gasteiger charge is 2.40. The monoisotopic (exact) mass is 210 g/mol. The Balaban J connectivity index is 2.26. The van der Waals surface area contributed by atoms with Crippen molar-refractivity contribution in [1.82, 2.24) is 0 Å². The van der Waals surface area contributed by atoms with Crippen molar-refractivity contribution >= 4 is 11.8 Å². The van der Waals surface area contributed by atoms with E-state index in [0.29, 0.717) is 12.2 Å². The molecule has 0 unspecified atom stereocenters. The second kappa shape index (κ2) is 3.68. The van der Waals surface area contributed by atoms with Crippen LogP contribution in [0.25, 0.3) is 0 Å². The lowest BCUT2D eigenvalue weighted by molar-refractivity contribution is -0.140. The molecule has 2 saturated heterocycles. The smallest absolute Gasteiger partial charge is 0.346 e. The van der Waals surface area contributed by atoms with Gasteiger partial charge >= 0.3 is 5.97 Å². The van der Waals surface area contributed by atoms with Crippen LogP contribution in [-0.2, 0) is 19.1 Å². The van der Waals surface area contributed by atoms with Gasteiger partial charge in [0, 0.05) is 6.42 Å². The summed E-state index contributed by atoms with van der Waals surface area (Å²) in [6, 6.07) is 0. The number of cyclic esters (lactones) is 1. The van der Waals surface area contributed by atoms with Crippen LogP contribution in [0.2, 0.25) is 0 Å². The highest BCUT2D eigenvalue weighted by molar-refractivity contribution is 6.23. The number of rotatable bonds is 1. The van der Waals surface area contributed by atoms with Gasteiger partial charge in [0.05, 0.1) is 6.10 Å². The molecule has 0 aromatic rings. The van der Waals surface area contributed by atoms with Crippen molar-refractivity contribution in [3.8, 4) is 0 Å². The van der Waals surface area contributed by atoms with E-state index in [1.807, 2.05) is 6.92 Å². The average molecular weight is 210 g/mol. The molecule has 82 valence electrons. The van der Waals surface area contributed by atoms with Gasteiger partial charge in [-0.2, -0.15) is 0 Å². The Labute approximate surface area is 88.2 Å². The molecule has 2 atom stereocenters. The lowest BCUT2D eigenvalue weighted by Crippen LogP contribution is -2.12. The maximum Gasteiger partial charge on any atom is 0.346 e. The van der Waals surface area contributed by atoms with Crippen LogP contribution < -0.4 is 0 Å². The van der Waals surface area contributed by atoms with E-state index in [1.54, 1.807) is 6.92 Å². The van der Waals surface area contributed by atoms with E-state index in [9.17, 15) is 9.59 Å². The van der Waals surface area contributed by atoms with Crippen molar-refractivity contribution in [1.29, 1.82) is 0 Å². The van der Waals surface area contributed by atoms with Crippen LogP contribution in [0.5, 0.6) is 0 Å². The zero-order valence-electron chi connectivity index (χ0n) is 8.91. The Morgan fingerprint density at radius 2 is 2.07 bits per heavy atom. The van der Waals surface area contributed by atoms with Crippen LogP contribution >= 0.6 is 0 Å². The van der Waals surface area contributed by atoms with E-state index in [2.05, 4.69) is 0 Å². The molecule has 0 bridgehead atoms. The molecule has 2 fully saturated rings. The Bertz CT molecular complexity index is 342.